The van der Waals surface area contributed by atoms with Crippen LogP contribution in [-0.2, 0) is 16.0 Å². The smallest absolute Gasteiger partial charge is 0.339 e. The fourth-order valence-electron chi connectivity index (χ4n) is 2.49. The van der Waals surface area contributed by atoms with E-state index in [9.17, 15) is 9.59 Å². The minimum Gasteiger partial charge on any atom is -0.465 e. The number of ether oxygens (including phenoxy) is 1. The molecule has 2 aromatic rings. The zero-order valence-corrected chi connectivity index (χ0v) is 14.5. The van der Waals surface area contributed by atoms with Crippen LogP contribution in [0.25, 0.3) is 0 Å². The van der Waals surface area contributed by atoms with Gasteiger partial charge in [-0.15, -0.1) is 0 Å². The zero-order valence-electron chi connectivity index (χ0n) is 14.5. The summed E-state index contributed by atoms with van der Waals surface area (Å²) < 4.78 is 4.75. The lowest BCUT2D eigenvalue weighted by molar-refractivity contribution is -0.120. The lowest BCUT2D eigenvalue weighted by Crippen LogP contribution is -2.26. The van der Waals surface area contributed by atoms with Gasteiger partial charge >= 0.3 is 5.97 Å². The first-order valence-corrected chi connectivity index (χ1v) is 8.42. The van der Waals surface area contributed by atoms with Crippen molar-refractivity contribution in [2.45, 2.75) is 19.3 Å². The van der Waals surface area contributed by atoms with Gasteiger partial charge in [-0.1, -0.05) is 42.5 Å². The maximum Gasteiger partial charge on any atom is 0.339 e. The molecule has 0 fully saturated rings. The van der Waals surface area contributed by atoms with Gasteiger partial charge in [-0.25, -0.2) is 4.79 Å². The summed E-state index contributed by atoms with van der Waals surface area (Å²) in [7, 11) is 1.35. The number of nitrogens with one attached hydrogen (secondary N) is 2. The van der Waals surface area contributed by atoms with E-state index < -0.39 is 5.97 Å². The summed E-state index contributed by atoms with van der Waals surface area (Å²) in [5.74, 6) is -0.399. The van der Waals surface area contributed by atoms with Gasteiger partial charge < -0.3 is 15.4 Å². The van der Waals surface area contributed by atoms with E-state index in [0.717, 1.165) is 12.8 Å². The van der Waals surface area contributed by atoms with E-state index in [-0.39, 0.29) is 5.91 Å². The summed E-state index contributed by atoms with van der Waals surface area (Å²) in [5, 5.41) is 6.03. The van der Waals surface area contributed by atoms with Gasteiger partial charge in [0.05, 0.1) is 12.7 Å². The number of hydrogen-bond donors (Lipinski definition) is 2. The molecule has 1 amide bonds. The third-order valence-electron chi connectivity index (χ3n) is 3.81. The van der Waals surface area contributed by atoms with Crippen molar-refractivity contribution in [2.24, 2.45) is 0 Å². The van der Waals surface area contributed by atoms with Gasteiger partial charge in [0.2, 0.25) is 5.91 Å². The topological polar surface area (TPSA) is 67.4 Å². The molecule has 2 rings (SSSR count). The van der Waals surface area contributed by atoms with Crippen molar-refractivity contribution in [1.82, 2.24) is 5.32 Å². The summed E-state index contributed by atoms with van der Waals surface area (Å²) in [6.07, 6.45) is 2.21. The lowest BCUT2D eigenvalue weighted by Gasteiger charge is -2.10. The Labute approximate surface area is 148 Å². The standard InChI is InChI=1S/C20H24N2O3/c1-25-20(24)17-11-5-6-12-18(17)21-15-13-19(23)22-14-7-10-16-8-3-2-4-9-16/h2-6,8-9,11-12,21H,7,10,13-15H2,1H3,(H,22,23). The summed E-state index contributed by atoms with van der Waals surface area (Å²) in [4.78, 5) is 23.6. The lowest BCUT2D eigenvalue weighted by atomic mass is 10.1. The molecule has 0 aliphatic rings. The quantitative estimate of drug-likeness (QED) is 0.544. The Morgan fingerprint density at radius 3 is 2.44 bits per heavy atom. The fraction of sp³-hybridized carbons (Fsp3) is 0.300. The highest BCUT2D eigenvalue weighted by Gasteiger charge is 2.10. The molecule has 0 aromatic heterocycles. The molecule has 5 nitrogen and oxygen atoms in total. The predicted molar refractivity (Wildman–Crippen MR) is 98.7 cm³/mol. The monoisotopic (exact) mass is 340 g/mol. The minimum absolute atomic E-state index is 0.00360. The SMILES string of the molecule is COC(=O)c1ccccc1NCCC(=O)NCCCc1ccccc1. The molecule has 25 heavy (non-hydrogen) atoms. The maximum absolute atomic E-state index is 11.9. The van der Waals surface area contributed by atoms with Gasteiger partial charge in [0.25, 0.3) is 0 Å². The van der Waals surface area contributed by atoms with Crippen LogP contribution in [0, 0.1) is 0 Å². The Kier molecular flexibility index (Phi) is 7.50. The number of aryl methyl sites for hydroxylation is 1. The van der Waals surface area contributed by atoms with Crippen LogP contribution in [0.2, 0.25) is 0 Å². The Balaban J connectivity index is 1.66. The van der Waals surface area contributed by atoms with Gasteiger partial charge in [-0.3, -0.25) is 4.79 Å². The molecule has 0 bridgehead atoms. The van der Waals surface area contributed by atoms with E-state index in [2.05, 4.69) is 22.8 Å². The number of benzene rings is 2. The van der Waals surface area contributed by atoms with Crippen molar-refractivity contribution in [3.63, 3.8) is 0 Å². The molecule has 0 radical (unpaired) electrons. The fourth-order valence-corrected chi connectivity index (χ4v) is 2.49. The first kappa shape index (κ1) is 18.5. The molecule has 0 unspecified atom stereocenters. The molecule has 0 aliphatic heterocycles. The number of hydrogen-bond acceptors (Lipinski definition) is 4. The molecule has 0 heterocycles. The average Bonchev–Trinajstić information content (AvgIpc) is 2.66. The van der Waals surface area contributed by atoms with E-state index in [4.69, 9.17) is 4.74 Å². The van der Waals surface area contributed by atoms with Crippen molar-refractivity contribution in [3.05, 3.63) is 65.7 Å². The Morgan fingerprint density at radius 2 is 1.68 bits per heavy atom. The highest BCUT2D eigenvalue weighted by Crippen LogP contribution is 2.15. The van der Waals surface area contributed by atoms with Crippen molar-refractivity contribution in [1.29, 1.82) is 0 Å². The first-order chi connectivity index (χ1) is 12.2. The number of carbonyl (C=O) groups excluding carboxylic acids is 2. The number of carbonyl (C=O) groups is 2. The van der Waals surface area contributed by atoms with E-state index in [1.54, 1.807) is 18.2 Å². The third kappa shape index (κ3) is 6.30. The van der Waals surface area contributed by atoms with Crippen LogP contribution < -0.4 is 10.6 Å². The molecule has 0 saturated heterocycles. The van der Waals surface area contributed by atoms with Crippen LogP contribution >= 0.6 is 0 Å². The first-order valence-electron chi connectivity index (χ1n) is 8.42. The highest BCUT2D eigenvalue weighted by molar-refractivity contribution is 5.95. The van der Waals surface area contributed by atoms with Gasteiger partial charge in [-0.2, -0.15) is 0 Å². The Hall–Kier alpha value is -2.82. The van der Waals surface area contributed by atoms with Gasteiger partial charge in [0.15, 0.2) is 0 Å². The number of para-hydroxylation sites is 1. The number of methoxy groups -OCH3 is 1. The van der Waals surface area contributed by atoms with E-state index in [1.165, 1.54) is 12.7 Å². The maximum atomic E-state index is 11.9. The summed E-state index contributed by atoms with van der Waals surface area (Å²) in [6, 6.07) is 17.3. The van der Waals surface area contributed by atoms with E-state index in [0.29, 0.717) is 30.8 Å². The molecule has 2 aromatic carbocycles. The van der Waals surface area contributed by atoms with Crippen molar-refractivity contribution >= 4 is 17.6 Å². The number of rotatable bonds is 9. The van der Waals surface area contributed by atoms with Crippen LogP contribution in [0.5, 0.6) is 0 Å². The van der Waals surface area contributed by atoms with Crippen molar-refractivity contribution in [2.75, 3.05) is 25.5 Å². The molecule has 0 spiro atoms. The number of anilines is 1. The van der Waals surface area contributed by atoms with Gasteiger partial charge in [-0.05, 0) is 30.5 Å². The molecule has 0 atom stereocenters. The van der Waals surface area contributed by atoms with Gasteiger partial charge in [0.1, 0.15) is 0 Å². The van der Waals surface area contributed by atoms with Crippen LogP contribution in [0.1, 0.15) is 28.8 Å². The average molecular weight is 340 g/mol. The second-order valence-corrected chi connectivity index (χ2v) is 5.65. The molecule has 132 valence electrons. The molecule has 2 N–H and O–H groups in total. The zero-order chi connectivity index (χ0) is 17.9. The summed E-state index contributed by atoms with van der Waals surface area (Å²) >= 11 is 0. The molecule has 0 saturated carbocycles. The number of esters is 1. The van der Waals surface area contributed by atoms with Crippen molar-refractivity contribution < 1.29 is 14.3 Å². The molecular formula is C20H24N2O3. The van der Waals surface area contributed by atoms with Crippen LogP contribution in [-0.4, -0.2) is 32.1 Å². The van der Waals surface area contributed by atoms with Crippen LogP contribution in [0.4, 0.5) is 5.69 Å². The van der Waals surface area contributed by atoms with Crippen LogP contribution in [0.15, 0.2) is 54.6 Å². The second kappa shape index (κ2) is 10.1. The predicted octanol–water partition coefficient (Wildman–Crippen LogP) is 3.02. The largest absolute Gasteiger partial charge is 0.465 e. The van der Waals surface area contributed by atoms with E-state index >= 15 is 0 Å². The molecule has 5 heteroatoms. The van der Waals surface area contributed by atoms with E-state index in [1.807, 2.05) is 24.3 Å². The normalized spacial score (nSPS) is 10.1. The molecule has 0 aliphatic carbocycles. The highest BCUT2D eigenvalue weighted by atomic mass is 16.5. The van der Waals surface area contributed by atoms with Gasteiger partial charge in [0, 0.05) is 25.2 Å². The third-order valence-corrected chi connectivity index (χ3v) is 3.81. The van der Waals surface area contributed by atoms with Crippen molar-refractivity contribution in [3.8, 4) is 0 Å². The second-order valence-electron chi connectivity index (χ2n) is 5.65. The Bertz CT molecular complexity index is 686. The molecular weight excluding hydrogens is 316 g/mol. The number of amides is 1. The van der Waals surface area contributed by atoms with Crippen LogP contribution in [0.3, 0.4) is 0 Å². The Morgan fingerprint density at radius 1 is 0.960 bits per heavy atom. The summed E-state index contributed by atoms with van der Waals surface area (Å²) in [6.45, 7) is 1.12. The summed E-state index contributed by atoms with van der Waals surface area (Å²) in [5.41, 5.74) is 2.41. The minimum atomic E-state index is -0.395.